The fourth-order valence-corrected chi connectivity index (χ4v) is 2.20. The summed E-state index contributed by atoms with van der Waals surface area (Å²) in [5.74, 6) is 0.149. The van der Waals surface area contributed by atoms with Crippen molar-refractivity contribution in [3.8, 4) is 0 Å². The SMILES string of the molecule is CC1CN(c2ccncc2N)CC(N)C1O. The Bertz CT molecular complexity index is 359. The van der Waals surface area contributed by atoms with Crippen LogP contribution in [0.5, 0.6) is 0 Å². The summed E-state index contributed by atoms with van der Waals surface area (Å²) in [4.78, 5) is 6.07. The number of anilines is 2. The number of hydrogen-bond acceptors (Lipinski definition) is 5. The first-order valence-electron chi connectivity index (χ1n) is 5.47. The summed E-state index contributed by atoms with van der Waals surface area (Å²) in [6, 6.07) is 1.66. The van der Waals surface area contributed by atoms with Gasteiger partial charge in [0.15, 0.2) is 0 Å². The van der Waals surface area contributed by atoms with Gasteiger partial charge in [0.05, 0.1) is 23.7 Å². The molecule has 2 heterocycles. The molecule has 1 aliphatic heterocycles. The number of aliphatic hydroxyl groups is 1. The summed E-state index contributed by atoms with van der Waals surface area (Å²) in [6.07, 6.45) is 2.92. The average molecular weight is 222 g/mol. The summed E-state index contributed by atoms with van der Waals surface area (Å²) in [5, 5.41) is 9.78. The zero-order chi connectivity index (χ0) is 11.7. The molecule has 88 valence electrons. The predicted octanol–water partition coefficient (Wildman–Crippen LogP) is -0.192. The number of rotatable bonds is 1. The fraction of sp³-hybridized carbons (Fsp3) is 0.545. The van der Waals surface area contributed by atoms with Crippen LogP contribution in [0.1, 0.15) is 6.92 Å². The van der Waals surface area contributed by atoms with Crippen molar-refractivity contribution in [3.05, 3.63) is 18.5 Å². The first-order chi connectivity index (χ1) is 7.59. The summed E-state index contributed by atoms with van der Waals surface area (Å²) < 4.78 is 0. The Hall–Kier alpha value is -1.33. The zero-order valence-corrected chi connectivity index (χ0v) is 9.37. The molecule has 5 nitrogen and oxygen atoms in total. The predicted molar refractivity (Wildman–Crippen MR) is 64.0 cm³/mol. The highest BCUT2D eigenvalue weighted by Crippen LogP contribution is 2.26. The molecule has 1 aromatic rings. The van der Waals surface area contributed by atoms with Gasteiger partial charge < -0.3 is 21.5 Å². The van der Waals surface area contributed by atoms with Crippen molar-refractivity contribution >= 4 is 11.4 Å². The van der Waals surface area contributed by atoms with E-state index in [0.717, 1.165) is 12.2 Å². The molecule has 1 aliphatic rings. The Balaban J connectivity index is 2.20. The van der Waals surface area contributed by atoms with Gasteiger partial charge in [0, 0.05) is 31.2 Å². The molecule has 0 radical (unpaired) electrons. The van der Waals surface area contributed by atoms with E-state index in [9.17, 15) is 5.11 Å². The largest absolute Gasteiger partial charge is 0.396 e. The van der Waals surface area contributed by atoms with Crippen LogP contribution in [0.3, 0.4) is 0 Å². The molecule has 3 atom stereocenters. The molecule has 0 aromatic carbocycles. The summed E-state index contributed by atoms with van der Waals surface area (Å²) in [5.41, 5.74) is 13.4. The molecule has 1 saturated heterocycles. The van der Waals surface area contributed by atoms with Crippen molar-refractivity contribution in [1.82, 2.24) is 4.98 Å². The number of pyridine rings is 1. The molecule has 5 N–H and O–H groups in total. The molecule has 5 heteroatoms. The first kappa shape index (κ1) is 11.2. The molecule has 0 spiro atoms. The van der Waals surface area contributed by atoms with Crippen LogP contribution >= 0.6 is 0 Å². The smallest absolute Gasteiger partial charge is 0.0750 e. The molecule has 16 heavy (non-hydrogen) atoms. The Kier molecular flexibility index (Phi) is 2.98. The molecule has 3 unspecified atom stereocenters. The van der Waals surface area contributed by atoms with Gasteiger partial charge in [-0.05, 0) is 6.07 Å². The van der Waals surface area contributed by atoms with Gasteiger partial charge in [0.1, 0.15) is 0 Å². The lowest BCUT2D eigenvalue weighted by Crippen LogP contribution is -2.55. The minimum atomic E-state index is -0.431. The minimum Gasteiger partial charge on any atom is -0.396 e. The highest BCUT2D eigenvalue weighted by atomic mass is 16.3. The van der Waals surface area contributed by atoms with Crippen LogP contribution in [0.4, 0.5) is 11.4 Å². The van der Waals surface area contributed by atoms with E-state index in [4.69, 9.17) is 11.5 Å². The summed E-state index contributed by atoms with van der Waals surface area (Å²) in [7, 11) is 0. The Morgan fingerprint density at radius 3 is 2.88 bits per heavy atom. The molecule has 1 fully saturated rings. The molecule has 0 bridgehead atoms. The van der Waals surface area contributed by atoms with Crippen molar-refractivity contribution < 1.29 is 5.11 Å². The van der Waals surface area contributed by atoms with Gasteiger partial charge in [-0.15, -0.1) is 0 Å². The van der Waals surface area contributed by atoms with E-state index >= 15 is 0 Å². The molecule has 0 saturated carbocycles. The highest BCUT2D eigenvalue weighted by Gasteiger charge is 2.31. The van der Waals surface area contributed by atoms with E-state index in [1.807, 2.05) is 13.0 Å². The van der Waals surface area contributed by atoms with Gasteiger partial charge >= 0.3 is 0 Å². The minimum absolute atomic E-state index is 0.149. The van der Waals surface area contributed by atoms with E-state index in [0.29, 0.717) is 12.2 Å². The Morgan fingerprint density at radius 2 is 2.25 bits per heavy atom. The third-order valence-corrected chi connectivity index (χ3v) is 3.13. The van der Waals surface area contributed by atoms with Gasteiger partial charge in [-0.2, -0.15) is 0 Å². The van der Waals surface area contributed by atoms with Crippen LogP contribution in [-0.2, 0) is 0 Å². The van der Waals surface area contributed by atoms with E-state index < -0.39 is 6.10 Å². The van der Waals surface area contributed by atoms with Gasteiger partial charge in [-0.25, -0.2) is 0 Å². The van der Waals surface area contributed by atoms with Gasteiger partial charge in [0.2, 0.25) is 0 Å². The van der Waals surface area contributed by atoms with Crippen molar-refractivity contribution in [2.45, 2.75) is 19.1 Å². The van der Waals surface area contributed by atoms with Crippen molar-refractivity contribution in [1.29, 1.82) is 0 Å². The quantitative estimate of drug-likeness (QED) is 0.613. The molecule has 0 aliphatic carbocycles. The maximum absolute atomic E-state index is 9.78. The highest BCUT2D eigenvalue weighted by molar-refractivity contribution is 5.66. The monoisotopic (exact) mass is 222 g/mol. The van der Waals surface area contributed by atoms with Gasteiger partial charge in [0.25, 0.3) is 0 Å². The molecule has 2 rings (SSSR count). The first-order valence-corrected chi connectivity index (χ1v) is 5.47. The average Bonchev–Trinajstić information content (AvgIpc) is 2.26. The van der Waals surface area contributed by atoms with Crippen molar-refractivity contribution in [3.63, 3.8) is 0 Å². The van der Waals surface area contributed by atoms with E-state index in [1.54, 1.807) is 12.4 Å². The second kappa shape index (κ2) is 4.27. The van der Waals surface area contributed by atoms with Crippen LogP contribution in [-0.4, -0.2) is 35.3 Å². The lowest BCUT2D eigenvalue weighted by molar-refractivity contribution is 0.0785. The lowest BCUT2D eigenvalue weighted by Gasteiger charge is -2.40. The Labute approximate surface area is 95.1 Å². The number of hydrogen-bond donors (Lipinski definition) is 3. The van der Waals surface area contributed by atoms with Crippen LogP contribution in [0.15, 0.2) is 18.5 Å². The van der Waals surface area contributed by atoms with Crippen molar-refractivity contribution in [2.24, 2.45) is 11.7 Å². The topological polar surface area (TPSA) is 88.4 Å². The maximum atomic E-state index is 9.78. The molecular formula is C11H18N4O. The van der Waals surface area contributed by atoms with Gasteiger partial charge in [-0.1, -0.05) is 6.92 Å². The van der Waals surface area contributed by atoms with Crippen LogP contribution in [0.25, 0.3) is 0 Å². The summed E-state index contributed by atoms with van der Waals surface area (Å²) in [6.45, 7) is 3.39. The third-order valence-electron chi connectivity index (χ3n) is 3.13. The number of nitrogen functional groups attached to an aromatic ring is 1. The van der Waals surface area contributed by atoms with Gasteiger partial charge in [-0.3, -0.25) is 4.98 Å². The normalized spacial score (nSPS) is 30.4. The lowest BCUT2D eigenvalue weighted by atomic mass is 9.92. The van der Waals surface area contributed by atoms with Crippen LogP contribution in [0.2, 0.25) is 0 Å². The van der Waals surface area contributed by atoms with E-state index in [2.05, 4.69) is 9.88 Å². The van der Waals surface area contributed by atoms with Crippen LogP contribution in [0, 0.1) is 5.92 Å². The number of aliphatic hydroxyl groups excluding tert-OH is 1. The second-order valence-electron chi connectivity index (χ2n) is 4.47. The summed E-state index contributed by atoms with van der Waals surface area (Å²) >= 11 is 0. The maximum Gasteiger partial charge on any atom is 0.0750 e. The molecule has 0 amide bonds. The number of aromatic nitrogens is 1. The van der Waals surface area contributed by atoms with E-state index in [1.165, 1.54) is 0 Å². The number of nitrogens with zero attached hydrogens (tertiary/aromatic N) is 2. The third kappa shape index (κ3) is 1.96. The number of nitrogens with two attached hydrogens (primary N) is 2. The van der Waals surface area contributed by atoms with Crippen molar-refractivity contribution in [2.75, 3.05) is 23.7 Å². The zero-order valence-electron chi connectivity index (χ0n) is 9.37. The fourth-order valence-electron chi connectivity index (χ4n) is 2.20. The Morgan fingerprint density at radius 1 is 1.50 bits per heavy atom. The second-order valence-corrected chi connectivity index (χ2v) is 4.47. The number of piperidine rings is 1. The molecule has 1 aromatic heterocycles. The molecular weight excluding hydrogens is 204 g/mol. The van der Waals surface area contributed by atoms with E-state index in [-0.39, 0.29) is 12.0 Å². The standard InChI is InChI=1S/C11H18N4O/c1-7-5-15(6-9(13)11(7)16)10-2-3-14-4-8(10)12/h2-4,7,9,11,16H,5-6,12-13H2,1H3. The van der Waals surface area contributed by atoms with Crippen LogP contribution < -0.4 is 16.4 Å².